The number of piperazine rings is 1. The van der Waals surface area contributed by atoms with Crippen molar-refractivity contribution < 1.29 is 24.3 Å². The number of hydrogen-bond acceptors (Lipinski definition) is 8. The van der Waals surface area contributed by atoms with E-state index in [4.69, 9.17) is 0 Å². The van der Waals surface area contributed by atoms with Gasteiger partial charge in [-0.25, -0.2) is 0 Å². The van der Waals surface area contributed by atoms with E-state index in [1.165, 1.54) is 22.4 Å². The highest BCUT2D eigenvalue weighted by Gasteiger charge is 2.44. The highest BCUT2D eigenvalue weighted by molar-refractivity contribution is 6.23. The molecule has 10 heteroatoms. The third kappa shape index (κ3) is 7.94. The van der Waals surface area contributed by atoms with Gasteiger partial charge in [0.25, 0.3) is 11.8 Å². The van der Waals surface area contributed by atoms with Crippen LogP contribution in [0, 0.1) is 0 Å². The topological polar surface area (TPSA) is 122 Å². The van der Waals surface area contributed by atoms with Crippen LogP contribution in [0.25, 0.3) is 11.1 Å². The third-order valence-corrected chi connectivity index (χ3v) is 10.7. The molecule has 2 fully saturated rings. The van der Waals surface area contributed by atoms with Crippen LogP contribution in [-0.2, 0) is 9.59 Å². The van der Waals surface area contributed by atoms with E-state index < -0.39 is 23.8 Å². The van der Waals surface area contributed by atoms with Crippen LogP contribution in [0.3, 0.4) is 0 Å². The number of amides is 4. The Morgan fingerprint density at radius 1 is 0.759 bits per heavy atom. The summed E-state index contributed by atoms with van der Waals surface area (Å²) in [5.74, 6) is -1.72. The smallest absolute Gasteiger partial charge is 0.262 e. The van der Waals surface area contributed by atoms with Gasteiger partial charge in [0.05, 0.1) is 11.1 Å². The monoisotopic (exact) mass is 725 g/mol. The summed E-state index contributed by atoms with van der Waals surface area (Å²) < 4.78 is 0. The molecule has 1 unspecified atom stereocenters. The molecule has 4 amide bonds. The van der Waals surface area contributed by atoms with Crippen molar-refractivity contribution in [1.82, 2.24) is 15.1 Å². The quantitative estimate of drug-likeness (QED) is 0.0805. The molecule has 0 aliphatic carbocycles. The van der Waals surface area contributed by atoms with Gasteiger partial charge in [-0.15, -0.1) is 0 Å². The molecule has 0 radical (unpaired) electrons. The van der Waals surface area contributed by atoms with E-state index in [9.17, 15) is 24.3 Å². The molecule has 2 saturated heterocycles. The minimum absolute atomic E-state index is 0.0979. The first-order valence-corrected chi connectivity index (χ1v) is 19.1. The summed E-state index contributed by atoms with van der Waals surface area (Å²) in [7, 11) is 0. The Morgan fingerprint density at radius 3 is 2.13 bits per heavy atom. The Morgan fingerprint density at radius 2 is 1.44 bits per heavy atom. The van der Waals surface area contributed by atoms with Crippen LogP contribution < -0.4 is 15.5 Å². The second-order valence-corrected chi connectivity index (χ2v) is 14.2. The average Bonchev–Trinajstić information content (AvgIpc) is 3.44. The highest BCUT2D eigenvalue weighted by Crippen LogP contribution is 2.36. The number of fused-ring (bicyclic) bond motifs is 1. The number of rotatable bonds is 13. The lowest BCUT2D eigenvalue weighted by Crippen LogP contribution is -2.54. The first kappa shape index (κ1) is 36.6. The maximum absolute atomic E-state index is 13.1. The Kier molecular flexibility index (Phi) is 11.2. The summed E-state index contributed by atoms with van der Waals surface area (Å²) >= 11 is 0. The van der Waals surface area contributed by atoms with Gasteiger partial charge in [-0.1, -0.05) is 67.9 Å². The van der Waals surface area contributed by atoms with E-state index in [2.05, 4.69) is 75.9 Å². The van der Waals surface area contributed by atoms with Gasteiger partial charge in [0.1, 0.15) is 11.8 Å². The van der Waals surface area contributed by atoms with Gasteiger partial charge >= 0.3 is 0 Å². The summed E-state index contributed by atoms with van der Waals surface area (Å²) in [4.78, 5) is 56.0. The van der Waals surface area contributed by atoms with Crippen LogP contribution in [-0.4, -0.2) is 83.8 Å². The molecule has 4 aromatic rings. The lowest BCUT2D eigenvalue weighted by atomic mass is 9.88. The Bertz CT molecular complexity index is 2040. The molecule has 1 atom stereocenters. The predicted molar refractivity (Wildman–Crippen MR) is 211 cm³/mol. The number of phenols is 1. The number of carbonyl (C=O) groups is 4. The molecule has 278 valence electrons. The average molecular weight is 726 g/mol. The van der Waals surface area contributed by atoms with Crippen molar-refractivity contribution in [3.63, 3.8) is 0 Å². The molecular formula is C44H47N5O5. The highest BCUT2D eigenvalue weighted by atomic mass is 16.3. The van der Waals surface area contributed by atoms with Gasteiger partial charge in [0.15, 0.2) is 0 Å². The molecule has 4 aromatic carbocycles. The fourth-order valence-corrected chi connectivity index (χ4v) is 7.83. The molecule has 3 N–H and O–H groups in total. The van der Waals surface area contributed by atoms with Gasteiger partial charge in [0, 0.05) is 50.5 Å². The molecule has 3 aliphatic rings. The molecule has 3 heterocycles. The van der Waals surface area contributed by atoms with E-state index >= 15 is 0 Å². The van der Waals surface area contributed by atoms with E-state index in [1.54, 1.807) is 30.3 Å². The van der Waals surface area contributed by atoms with E-state index in [0.29, 0.717) is 0 Å². The summed E-state index contributed by atoms with van der Waals surface area (Å²) in [6.45, 7) is 7.99. The SMILES string of the molecule is CCC(=C(c1ccc(O)cc1)c1ccc(N2CCN(CCCCCNc3ccc4c(c3)C(=O)N(C3CCC(=O)NC3=O)C4=O)CC2)cc1)c1ccccc1. The molecule has 0 saturated carbocycles. The third-order valence-electron chi connectivity index (χ3n) is 10.7. The van der Waals surface area contributed by atoms with Crippen molar-refractivity contribution in [1.29, 1.82) is 0 Å². The van der Waals surface area contributed by atoms with Crippen molar-refractivity contribution in [3.05, 3.63) is 125 Å². The van der Waals surface area contributed by atoms with Crippen LogP contribution in [0.4, 0.5) is 11.4 Å². The van der Waals surface area contributed by atoms with E-state index in [-0.39, 0.29) is 35.6 Å². The molecule has 0 aromatic heterocycles. The second-order valence-electron chi connectivity index (χ2n) is 14.2. The first-order valence-electron chi connectivity index (χ1n) is 19.1. The zero-order chi connectivity index (χ0) is 37.6. The fourth-order valence-electron chi connectivity index (χ4n) is 7.83. The Labute approximate surface area is 316 Å². The number of unbranched alkanes of at least 4 members (excludes halogenated alkanes) is 2. The van der Waals surface area contributed by atoms with Crippen molar-refractivity contribution in [2.24, 2.45) is 0 Å². The largest absolute Gasteiger partial charge is 0.508 e. The van der Waals surface area contributed by atoms with E-state index in [1.807, 2.05) is 18.2 Å². The van der Waals surface area contributed by atoms with Gasteiger partial charge in [-0.05, 0) is 103 Å². The number of carbonyl (C=O) groups excluding carboxylic acids is 4. The van der Waals surface area contributed by atoms with E-state index in [0.717, 1.165) is 86.7 Å². The van der Waals surface area contributed by atoms with Crippen molar-refractivity contribution >= 4 is 46.1 Å². The normalized spacial score (nSPS) is 18.1. The number of benzene rings is 4. The number of allylic oxidation sites excluding steroid dienone is 1. The van der Waals surface area contributed by atoms with Crippen LogP contribution in [0.1, 0.15) is 82.9 Å². The van der Waals surface area contributed by atoms with Gasteiger partial charge in [-0.3, -0.25) is 34.3 Å². The molecule has 3 aliphatic heterocycles. The maximum Gasteiger partial charge on any atom is 0.262 e. The molecule has 54 heavy (non-hydrogen) atoms. The van der Waals surface area contributed by atoms with Crippen LogP contribution >= 0.6 is 0 Å². The van der Waals surface area contributed by atoms with Crippen LogP contribution in [0.15, 0.2) is 97.1 Å². The number of anilines is 2. The number of nitrogens with zero attached hydrogens (tertiary/aromatic N) is 3. The van der Waals surface area contributed by atoms with Crippen molar-refractivity contribution in [2.45, 2.75) is 51.5 Å². The van der Waals surface area contributed by atoms with Crippen LogP contribution in [0.5, 0.6) is 5.75 Å². The summed E-state index contributed by atoms with van der Waals surface area (Å²) in [5.41, 5.74) is 8.48. The number of nitrogens with one attached hydrogen (secondary N) is 2. The Hall–Kier alpha value is -5.74. The number of piperidine rings is 1. The second kappa shape index (κ2) is 16.5. The zero-order valence-corrected chi connectivity index (χ0v) is 30.7. The lowest BCUT2D eigenvalue weighted by molar-refractivity contribution is -0.136. The molecule has 0 spiro atoms. The van der Waals surface area contributed by atoms with Gasteiger partial charge in [-0.2, -0.15) is 0 Å². The fraction of sp³-hybridized carbons (Fsp3) is 0.318. The summed E-state index contributed by atoms with van der Waals surface area (Å²) in [6.07, 6.45) is 4.27. The number of hydrogen-bond donors (Lipinski definition) is 3. The van der Waals surface area contributed by atoms with Crippen molar-refractivity contribution in [3.8, 4) is 5.75 Å². The maximum atomic E-state index is 13.1. The standard InChI is InChI=1S/C44H47N5O5/c1-2-36(30-9-5-3-6-10-30)41(32-13-18-35(50)19-14-32)31-11-16-34(17-12-31)48-27-25-47(26-28-48)24-8-4-7-23-45-33-15-20-37-38(29-33)44(54)49(43(37)53)39-21-22-40(51)46-42(39)52/h3,5-6,9-20,29,39,45,50H,2,4,7-8,21-28H2,1H3,(H,46,51,52). The number of phenolic OH excluding ortho intramolecular Hbond substituents is 1. The summed E-state index contributed by atoms with van der Waals surface area (Å²) in [5, 5.41) is 15.6. The molecular weight excluding hydrogens is 679 g/mol. The molecule has 7 rings (SSSR count). The first-order chi connectivity index (χ1) is 26.3. The predicted octanol–water partition coefficient (Wildman–Crippen LogP) is 6.57. The van der Waals surface area contributed by atoms with Gasteiger partial charge < -0.3 is 15.3 Å². The zero-order valence-electron chi connectivity index (χ0n) is 30.7. The Balaban J connectivity index is 0.869. The molecule has 10 nitrogen and oxygen atoms in total. The minimum Gasteiger partial charge on any atom is -0.508 e. The van der Waals surface area contributed by atoms with Gasteiger partial charge in [0.2, 0.25) is 11.8 Å². The number of aromatic hydroxyl groups is 1. The number of imide groups is 2. The summed E-state index contributed by atoms with van der Waals surface area (Å²) in [6, 6.07) is 31.1. The molecule has 0 bridgehead atoms. The minimum atomic E-state index is -0.963. The van der Waals surface area contributed by atoms with Crippen LogP contribution in [0.2, 0.25) is 0 Å². The lowest BCUT2D eigenvalue weighted by Gasteiger charge is -2.36. The van der Waals surface area contributed by atoms with Crippen molar-refractivity contribution in [2.75, 3.05) is 49.5 Å².